The summed E-state index contributed by atoms with van der Waals surface area (Å²) in [4.78, 5) is 11.1. The summed E-state index contributed by atoms with van der Waals surface area (Å²) >= 11 is 0. The van der Waals surface area contributed by atoms with Crippen LogP contribution in [-0.4, -0.2) is 26.2 Å². The van der Waals surface area contributed by atoms with Gasteiger partial charge in [0.1, 0.15) is 0 Å². The number of carbonyl (C=O) groups excluding carboxylic acids is 1. The van der Waals surface area contributed by atoms with E-state index in [1.165, 1.54) is 26.2 Å². The molecule has 1 N–H and O–H groups in total. The van der Waals surface area contributed by atoms with Gasteiger partial charge < -0.3 is 14.8 Å². The van der Waals surface area contributed by atoms with Crippen molar-refractivity contribution in [1.82, 2.24) is 5.32 Å². The zero-order valence-electron chi connectivity index (χ0n) is 10.1. The van der Waals surface area contributed by atoms with Crippen molar-refractivity contribution in [2.75, 3.05) is 14.2 Å². The van der Waals surface area contributed by atoms with E-state index in [1.807, 2.05) is 0 Å². The monoisotopic (exact) mass is 241 g/mol. The van der Waals surface area contributed by atoms with E-state index in [0.29, 0.717) is 6.54 Å². The molecule has 17 heavy (non-hydrogen) atoms. The molecule has 1 aromatic carbocycles. The summed E-state index contributed by atoms with van der Waals surface area (Å²) < 4.78 is 23.2. The molecule has 0 spiro atoms. The smallest absolute Gasteiger partial charge is 0.346 e. The average Bonchev–Trinajstić information content (AvgIpc) is 2.31. The highest BCUT2D eigenvalue weighted by Crippen LogP contribution is 2.19. The average molecular weight is 241 g/mol. The van der Waals surface area contributed by atoms with E-state index in [0.717, 1.165) is 5.56 Å². The SMILES string of the molecule is CNCc1ccc(OC(C)C(=O)OC)c(F)c1. The van der Waals surface area contributed by atoms with E-state index in [9.17, 15) is 9.18 Å². The number of halogens is 1. The Bertz CT molecular complexity index is 395. The van der Waals surface area contributed by atoms with Gasteiger partial charge in [0.05, 0.1) is 7.11 Å². The van der Waals surface area contributed by atoms with Crippen molar-refractivity contribution in [3.8, 4) is 5.75 Å². The highest BCUT2D eigenvalue weighted by Gasteiger charge is 2.16. The van der Waals surface area contributed by atoms with Gasteiger partial charge in [-0.05, 0) is 31.7 Å². The number of methoxy groups -OCH3 is 1. The van der Waals surface area contributed by atoms with Gasteiger partial charge in [-0.3, -0.25) is 0 Å². The first-order valence-corrected chi connectivity index (χ1v) is 5.26. The maximum Gasteiger partial charge on any atom is 0.346 e. The summed E-state index contributed by atoms with van der Waals surface area (Å²) in [5, 5.41) is 2.92. The Hall–Kier alpha value is -1.62. The summed E-state index contributed by atoms with van der Waals surface area (Å²) in [6.45, 7) is 2.08. The molecule has 5 heteroatoms. The predicted octanol–water partition coefficient (Wildman–Crippen LogP) is 1.49. The quantitative estimate of drug-likeness (QED) is 0.793. The van der Waals surface area contributed by atoms with E-state index < -0.39 is 17.9 Å². The van der Waals surface area contributed by atoms with E-state index in [2.05, 4.69) is 10.1 Å². The molecule has 1 unspecified atom stereocenters. The third-order valence-electron chi connectivity index (χ3n) is 2.21. The lowest BCUT2D eigenvalue weighted by Crippen LogP contribution is -2.25. The fraction of sp³-hybridized carbons (Fsp3) is 0.417. The highest BCUT2D eigenvalue weighted by molar-refractivity contribution is 5.74. The third kappa shape index (κ3) is 3.71. The van der Waals surface area contributed by atoms with Gasteiger partial charge >= 0.3 is 5.97 Å². The number of esters is 1. The van der Waals surface area contributed by atoms with Crippen LogP contribution in [0.3, 0.4) is 0 Å². The molecule has 0 fully saturated rings. The summed E-state index contributed by atoms with van der Waals surface area (Å²) in [7, 11) is 3.04. The normalized spacial score (nSPS) is 12.0. The van der Waals surface area contributed by atoms with Gasteiger partial charge in [-0.25, -0.2) is 9.18 Å². The molecule has 94 valence electrons. The predicted molar refractivity (Wildman–Crippen MR) is 61.3 cm³/mol. The molecule has 0 aliphatic carbocycles. The van der Waals surface area contributed by atoms with Crippen molar-refractivity contribution in [3.63, 3.8) is 0 Å². The lowest BCUT2D eigenvalue weighted by atomic mass is 10.2. The second-order valence-corrected chi connectivity index (χ2v) is 3.58. The third-order valence-corrected chi connectivity index (χ3v) is 2.21. The van der Waals surface area contributed by atoms with Crippen LogP contribution in [0.1, 0.15) is 12.5 Å². The molecule has 1 aromatic rings. The highest BCUT2D eigenvalue weighted by atomic mass is 19.1. The molecule has 4 nitrogen and oxygen atoms in total. The summed E-state index contributed by atoms with van der Waals surface area (Å²) in [6, 6.07) is 4.61. The van der Waals surface area contributed by atoms with E-state index in [-0.39, 0.29) is 5.75 Å². The van der Waals surface area contributed by atoms with Crippen molar-refractivity contribution in [1.29, 1.82) is 0 Å². The van der Waals surface area contributed by atoms with Gasteiger partial charge in [0, 0.05) is 6.54 Å². The Morgan fingerprint density at radius 3 is 2.76 bits per heavy atom. The first kappa shape index (κ1) is 13.4. The van der Waals surface area contributed by atoms with Gasteiger partial charge in [0.2, 0.25) is 0 Å². The van der Waals surface area contributed by atoms with Gasteiger partial charge in [-0.1, -0.05) is 6.07 Å². The minimum absolute atomic E-state index is 0.0442. The van der Waals surface area contributed by atoms with Gasteiger partial charge in [0.25, 0.3) is 0 Å². The number of hydrogen-bond acceptors (Lipinski definition) is 4. The molecule has 0 radical (unpaired) electrons. The molecular weight excluding hydrogens is 225 g/mol. The van der Waals surface area contributed by atoms with Crippen LogP contribution >= 0.6 is 0 Å². The fourth-order valence-corrected chi connectivity index (χ4v) is 1.36. The Kier molecular flexibility index (Phi) is 4.90. The largest absolute Gasteiger partial charge is 0.476 e. The summed E-state index contributed by atoms with van der Waals surface area (Å²) in [5.41, 5.74) is 0.808. The lowest BCUT2D eigenvalue weighted by Gasteiger charge is -2.13. The van der Waals surface area contributed by atoms with Crippen LogP contribution in [0.25, 0.3) is 0 Å². The molecule has 0 saturated heterocycles. The molecule has 0 aliphatic heterocycles. The van der Waals surface area contributed by atoms with Crippen LogP contribution in [0.15, 0.2) is 18.2 Å². The Balaban J connectivity index is 2.75. The second kappa shape index (κ2) is 6.20. The molecule has 0 amide bonds. The van der Waals surface area contributed by atoms with Crippen molar-refractivity contribution < 1.29 is 18.7 Å². The number of hydrogen-bond donors (Lipinski definition) is 1. The molecule has 1 rings (SSSR count). The maximum absolute atomic E-state index is 13.6. The summed E-state index contributed by atoms with van der Waals surface area (Å²) in [5.74, 6) is -0.986. The minimum atomic E-state index is -0.829. The number of nitrogens with one attached hydrogen (secondary N) is 1. The van der Waals surface area contributed by atoms with E-state index in [4.69, 9.17) is 4.74 Å². The van der Waals surface area contributed by atoms with Crippen LogP contribution in [-0.2, 0) is 16.1 Å². The lowest BCUT2D eigenvalue weighted by molar-refractivity contribution is -0.148. The van der Waals surface area contributed by atoms with Crippen LogP contribution in [0.4, 0.5) is 4.39 Å². The Morgan fingerprint density at radius 2 is 2.24 bits per heavy atom. The van der Waals surface area contributed by atoms with Crippen LogP contribution in [0, 0.1) is 5.82 Å². The topological polar surface area (TPSA) is 47.6 Å². The van der Waals surface area contributed by atoms with E-state index >= 15 is 0 Å². The van der Waals surface area contributed by atoms with E-state index in [1.54, 1.807) is 13.1 Å². The van der Waals surface area contributed by atoms with Crippen LogP contribution in [0.5, 0.6) is 5.75 Å². The van der Waals surface area contributed by atoms with Crippen molar-refractivity contribution in [2.45, 2.75) is 19.6 Å². The van der Waals surface area contributed by atoms with Gasteiger partial charge in [-0.15, -0.1) is 0 Å². The number of benzene rings is 1. The molecular formula is C12H16FNO3. The van der Waals surface area contributed by atoms with Crippen molar-refractivity contribution in [3.05, 3.63) is 29.6 Å². The minimum Gasteiger partial charge on any atom is -0.476 e. The van der Waals surface area contributed by atoms with Crippen molar-refractivity contribution in [2.24, 2.45) is 0 Å². The molecule has 0 aliphatic rings. The zero-order chi connectivity index (χ0) is 12.8. The summed E-state index contributed by atoms with van der Waals surface area (Å²) in [6.07, 6.45) is -0.829. The number of ether oxygens (including phenoxy) is 2. The zero-order valence-corrected chi connectivity index (χ0v) is 10.1. The first-order chi connectivity index (χ1) is 8.08. The van der Waals surface area contributed by atoms with Crippen LogP contribution in [0.2, 0.25) is 0 Å². The van der Waals surface area contributed by atoms with Gasteiger partial charge in [0.15, 0.2) is 17.7 Å². The number of rotatable bonds is 5. The molecule has 0 bridgehead atoms. The molecule has 0 saturated carbocycles. The standard InChI is InChI=1S/C12H16FNO3/c1-8(12(15)16-3)17-11-5-4-9(7-14-2)6-10(11)13/h4-6,8,14H,7H2,1-3H3. The molecule has 0 aromatic heterocycles. The Labute approximate surface area is 99.7 Å². The van der Waals surface area contributed by atoms with Gasteiger partial charge in [-0.2, -0.15) is 0 Å². The Morgan fingerprint density at radius 1 is 1.53 bits per heavy atom. The molecule has 0 heterocycles. The molecule has 1 atom stereocenters. The van der Waals surface area contributed by atoms with Crippen molar-refractivity contribution >= 4 is 5.97 Å². The fourth-order valence-electron chi connectivity index (χ4n) is 1.36. The maximum atomic E-state index is 13.6. The second-order valence-electron chi connectivity index (χ2n) is 3.58. The number of carbonyl (C=O) groups is 1. The first-order valence-electron chi connectivity index (χ1n) is 5.26. The van der Waals surface area contributed by atoms with Crippen LogP contribution < -0.4 is 10.1 Å².